The fraction of sp³-hybridized carbons (Fsp3) is 0.379. The number of nitrogens with zero attached hydrogens (tertiary/aromatic N) is 2. The lowest BCUT2D eigenvalue weighted by atomic mass is 9.94. The topological polar surface area (TPSA) is 52.7 Å². The highest BCUT2D eigenvalue weighted by Gasteiger charge is 2.29. The number of hydrogen-bond donors (Lipinski definition) is 1. The maximum absolute atomic E-state index is 13.7. The van der Waals surface area contributed by atoms with Crippen LogP contribution in [-0.4, -0.2) is 34.3 Å². The van der Waals surface area contributed by atoms with Gasteiger partial charge in [0.05, 0.1) is 6.54 Å². The Morgan fingerprint density at radius 3 is 2.29 bits per heavy atom. The molecule has 0 unspecified atom stereocenters. The smallest absolute Gasteiger partial charge is 0.322 e. The first-order valence-corrected chi connectivity index (χ1v) is 13.4. The summed E-state index contributed by atoms with van der Waals surface area (Å²) in [5.41, 5.74) is 4.18. The van der Waals surface area contributed by atoms with Gasteiger partial charge in [0.2, 0.25) is 5.91 Å². The van der Waals surface area contributed by atoms with Crippen molar-refractivity contribution in [1.29, 1.82) is 0 Å². The predicted molar refractivity (Wildman–Crippen MR) is 144 cm³/mol. The fourth-order valence-electron chi connectivity index (χ4n) is 4.61. The quantitative estimate of drug-likeness (QED) is 0.380. The average molecular weight is 490 g/mol. The molecule has 0 atom stereocenters. The van der Waals surface area contributed by atoms with Crippen molar-refractivity contribution >= 4 is 29.0 Å². The van der Waals surface area contributed by atoms with Crippen LogP contribution in [-0.2, 0) is 17.9 Å². The summed E-state index contributed by atoms with van der Waals surface area (Å²) in [7, 11) is 0. The SMILES string of the molecule is Cc1ccc(NC(=O)N(CC(=O)N(Cc2ccccc2)Cc2sccc2C)C2CCCCC2)cc1. The Kier molecular flexibility index (Phi) is 8.59. The van der Waals surface area contributed by atoms with E-state index < -0.39 is 0 Å². The Labute approximate surface area is 212 Å². The number of carbonyl (C=O) groups excluding carboxylic acids is 2. The molecule has 0 aliphatic heterocycles. The van der Waals surface area contributed by atoms with Gasteiger partial charge < -0.3 is 15.1 Å². The Morgan fingerprint density at radius 1 is 0.914 bits per heavy atom. The van der Waals surface area contributed by atoms with Crippen molar-refractivity contribution in [2.45, 2.75) is 65.1 Å². The predicted octanol–water partition coefficient (Wildman–Crippen LogP) is 6.76. The Balaban J connectivity index is 1.54. The summed E-state index contributed by atoms with van der Waals surface area (Å²) in [5.74, 6) is -0.0220. The molecular weight excluding hydrogens is 454 g/mol. The number of urea groups is 1. The van der Waals surface area contributed by atoms with E-state index in [4.69, 9.17) is 0 Å². The van der Waals surface area contributed by atoms with E-state index in [1.54, 1.807) is 16.2 Å². The van der Waals surface area contributed by atoms with Crippen LogP contribution >= 0.6 is 11.3 Å². The normalized spacial score (nSPS) is 13.9. The van der Waals surface area contributed by atoms with Crippen LogP contribution < -0.4 is 5.32 Å². The van der Waals surface area contributed by atoms with Crippen LogP contribution in [0.15, 0.2) is 66.0 Å². The third kappa shape index (κ3) is 6.95. The van der Waals surface area contributed by atoms with Crippen LogP contribution in [0.5, 0.6) is 0 Å². The highest BCUT2D eigenvalue weighted by molar-refractivity contribution is 7.10. The molecule has 1 saturated carbocycles. The average Bonchev–Trinajstić information content (AvgIpc) is 3.28. The van der Waals surface area contributed by atoms with Gasteiger partial charge in [0.25, 0.3) is 0 Å². The molecule has 0 bridgehead atoms. The Hall–Kier alpha value is -3.12. The molecule has 1 N–H and O–H groups in total. The molecule has 4 rings (SSSR count). The van der Waals surface area contributed by atoms with Gasteiger partial charge in [-0.3, -0.25) is 4.79 Å². The Morgan fingerprint density at radius 2 is 1.63 bits per heavy atom. The van der Waals surface area contributed by atoms with E-state index in [2.05, 4.69) is 23.7 Å². The first-order valence-electron chi connectivity index (χ1n) is 12.5. The standard InChI is InChI=1S/C29H35N3O2S/c1-22-13-15-25(16-14-22)30-29(34)32(26-11-7-4-8-12-26)21-28(33)31(19-24-9-5-3-6-10-24)20-27-23(2)17-18-35-27/h3,5-6,9-10,13-18,26H,4,7-8,11-12,19-21H2,1-2H3,(H,30,34). The molecular formula is C29H35N3O2S. The third-order valence-corrected chi connectivity index (χ3v) is 7.76. The van der Waals surface area contributed by atoms with Crippen molar-refractivity contribution in [3.05, 3.63) is 87.6 Å². The summed E-state index contributed by atoms with van der Waals surface area (Å²) in [6.45, 7) is 5.26. The van der Waals surface area contributed by atoms with Crippen molar-refractivity contribution in [2.24, 2.45) is 0 Å². The van der Waals surface area contributed by atoms with Crippen molar-refractivity contribution in [3.8, 4) is 0 Å². The molecule has 0 saturated heterocycles. The van der Waals surface area contributed by atoms with E-state index in [0.717, 1.165) is 42.5 Å². The summed E-state index contributed by atoms with van der Waals surface area (Å²) in [6.07, 6.45) is 5.26. The van der Waals surface area contributed by atoms with Crippen molar-refractivity contribution in [2.75, 3.05) is 11.9 Å². The number of carbonyl (C=O) groups is 2. The first-order chi connectivity index (χ1) is 17.0. The van der Waals surface area contributed by atoms with Crippen LogP contribution in [0.1, 0.15) is 53.7 Å². The van der Waals surface area contributed by atoms with Gasteiger partial charge in [0, 0.05) is 23.2 Å². The van der Waals surface area contributed by atoms with Gasteiger partial charge in [0.1, 0.15) is 6.54 Å². The van der Waals surface area contributed by atoms with Gasteiger partial charge in [0.15, 0.2) is 0 Å². The van der Waals surface area contributed by atoms with Crippen LogP contribution in [0.2, 0.25) is 0 Å². The highest BCUT2D eigenvalue weighted by Crippen LogP contribution is 2.25. The largest absolute Gasteiger partial charge is 0.332 e. The molecule has 1 aliphatic carbocycles. The van der Waals surface area contributed by atoms with Crippen LogP contribution in [0.3, 0.4) is 0 Å². The monoisotopic (exact) mass is 489 g/mol. The van der Waals surface area contributed by atoms with Gasteiger partial charge in [-0.1, -0.05) is 67.3 Å². The van der Waals surface area contributed by atoms with Gasteiger partial charge in [-0.05, 0) is 61.4 Å². The minimum Gasteiger partial charge on any atom is -0.332 e. The van der Waals surface area contributed by atoms with E-state index in [1.165, 1.54) is 16.9 Å². The van der Waals surface area contributed by atoms with E-state index in [0.29, 0.717) is 13.1 Å². The zero-order valence-corrected chi connectivity index (χ0v) is 21.5. The second kappa shape index (κ2) is 12.0. The van der Waals surface area contributed by atoms with E-state index in [9.17, 15) is 9.59 Å². The zero-order chi connectivity index (χ0) is 24.6. The Bertz CT molecular complexity index is 1100. The number of nitrogens with one attached hydrogen (secondary N) is 1. The summed E-state index contributed by atoms with van der Waals surface area (Å²) >= 11 is 1.68. The molecule has 0 radical (unpaired) electrons. The zero-order valence-electron chi connectivity index (χ0n) is 20.7. The lowest BCUT2D eigenvalue weighted by Gasteiger charge is -2.35. The fourth-order valence-corrected chi connectivity index (χ4v) is 5.53. The summed E-state index contributed by atoms with van der Waals surface area (Å²) in [5, 5.41) is 5.10. The molecule has 2 aromatic carbocycles. The number of aryl methyl sites for hydroxylation is 2. The lowest BCUT2D eigenvalue weighted by Crippen LogP contribution is -2.49. The molecule has 3 amide bonds. The number of rotatable bonds is 8. The van der Waals surface area contributed by atoms with Gasteiger partial charge in [-0.25, -0.2) is 4.79 Å². The second-order valence-corrected chi connectivity index (χ2v) is 10.5. The summed E-state index contributed by atoms with van der Waals surface area (Å²) in [6, 6.07) is 19.8. The summed E-state index contributed by atoms with van der Waals surface area (Å²) < 4.78 is 0. The number of thiophene rings is 1. The second-order valence-electron chi connectivity index (χ2n) is 9.48. The maximum atomic E-state index is 13.7. The number of anilines is 1. The number of amides is 3. The third-order valence-electron chi connectivity index (χ3n) is 6.76. The summed E-state index contributed by atoms with van der Waals surface area (Å²) in [4.78, 5) is 32.0. The molecule has 1 fully saturated rings. The number of benzene rings is 2. The molecule has 1 aromatic heterocycles. The van der Waals surface area contributed by atoms with Crippen LogP contribution in [0, 0.1) is 13.8 Å². The minimum absolute atomic E-state index is 0.0220. The maximum Gasteiger partial charge on any atom is 0.322 e. The van der Waals surface area contributed by atoms with Crippen LogP contribution in [0.4, 0.5) is 10.5 Å². The molecule has 35 heavy (non-hydrogen) atoms. The van der Waals surface area contributed by atoms with Gasteiger partial charge >= 0.3 is 6.03 Å². The van der Waals surface area contributed by atoms with Crippen molar-refractivity contribution in [3.63, 3.8) is 0 Å². The first kappa shape index (κ1) is 25.0. The molecule has 184 valence electrons. The van der Waals surface area contributed by atoms with E-state index >= 15 is 0 Å². The van der Waals surface area contributed by atoms with Gasteiger partial charge in [-0.15, -0.1) is 11.3 Å². The molecule has 5 nitrogen and oxygen atoms in total. The molecule has 1 aliphatic rings. The molecule has 0 spiro atoms. The molecule has 1 heterocycles. The van der Waals surface area contributed by atoms with E-state index in [1.807, 2.05) is 66.4 Å². The van der Waals surface area contributed by atoms with Crippen molar-refractivity contribution in [1.82, 2.24) is 9.80 Å². The van der Waals surface area contributed by atoms with Crippen molar-refractivity contribution < 1.29 is 9.59 Å². The molecule has 3 aromatic rings. The van der Waals surface area contributed by atoms with Gasteiger partial charge in [-0.2, -0.15) is 0 Å². The molecule has 6 heteroatoms. The lowest BCUT2D eigenvalue weighted by molar-refractivity contribution is -0.133. The minimum atomic E-state index is -0.193. The van der Waals surface area contributed by atoms with Crippen LogP contribution in [0.25, 0.3) is 0 Å². The highest BCUT2D eigenvalue weighted by atomic mass is 32.1. The number of hydrogen-bond acceptors (Lipinski definition) is 3. The van der Waals surface area contributed by atoms with E-state index in [-0.39, 0.29) is 24.5 Å².